The third-order valence-electron chi connectivity index (χ3n) is 7.67. The molecule has 0 bridgehead atoms. The minimum absolute atomic E-state index is 0. The molecule has 2 aliphatic rings. The summed E-state index contributed by atoms with van der Waals surface area (Å²) in [6.07, 6.45) is 1.90. The molecule has 0 aliphatic carbocycles. The quantitative estimate of drug-likeness (QED) is 0.167. The van der Waals surface area contributed by atoms with Crippen LogP contribution in [-0.2, 0) is 42.4 Å². The average Bonchev–Trinajstić information content (AvgIpc) is 3.69. The highest BCUT2D eigenvalue weighted by Crippen LogP contribution is 2.25. The Bertz CT molecular complexity index is 2000. The van der Waals surface area contributed by atoms with Gasteiger partial charge < -0.3 is 9.47 Å². The second kappa shape index (κ2) is 17.4. The molecule has 2 heterocycles. The van der Waals surface area contributed by atoms with Crippen LogP contribution in [0.3, 0.4) is 0 Å². The number of benzene rings is 4. The van der Waals surface area contributed by atoms with Crippen LogP contribution in [0.5, 0.6) is 0 Å². The van der Waals surface area contributed by atoms with Crippen molar-refractivity contribution in [1.82, 2.24) is 3.93 Å². The Kier molecular flexibility index (Phi) is 14.0. The number of rotatable bonds is 8. The van der Waals surface area contributed by atoms with E-state index < -0.39 is 33.8 Å². The first-order valence-electron chi connectivity index (χ1n) is 16.4. The van der Waals surface area contributed by atoms with Gasteiger partial charge in [-0.15, -0.1) is 4.48 Å². The minimum atomic E-state index is -4.77. The summed E-state index contributed by atoms with van der Waals surface area (Å²) in [5, 5.41) is 0. The summed E-state index contributed by atoms with van der Waals surface area (Å²) in [5.41, 5.74) is 3.56. The summed E-state index contributed by atoms with van der Waals surface area (Å²) in [7, 11) is -9.53. The van der Waals surface area contributed by atoms with Gasteiger partial charge in [0.15, 0.2) is 0 Å². The lowest BCUT2D eigenvalue weighted by molar-refractivity contribution is 0.250. The Balaban J connectivity index is 0.000000211. The summed E-state index contributed by atoms with van der Waals surface area (Å²) in [6, 6.07) is 26.6. The minimum Gasteiger partial charge on any atom is -0.475 e. The van der Waals surface area contributed by atoms with Crippen LogP contribution in [0.2, 0.25) is 0 Å². The molecule has 0 saturated carbocycles. The molecule has 0 N–H and O–H groups in total. The third kappa shape index (κ3) is 10.5. The van der Waals surface area contributed by atoms with E-state index >= 15 is 0 Å². The smallest absolute Gasteiger partial charge is 0.283 e. The zero-order valence-corrected chi connectivity index (χ0v) is 31.1. The number of nitrogens with zero attached hydrogens (tertiary/aromatic N) is 3. The highest BCUT2D eigenvalue weighted by Gasteiger charge is 2.37. The van der Waals surface area contributed by atoms with Crippen molar-refractivity contribution in [2.75, 3.05) is 13.2 Å². The molecular formula is C39H47F2N3O6S2. The van der Waals surface area contributed by atoms with Gasteiger partial charge in [0, 0.05) is 5.56 Å². The van der Waals surface area contributed by atoms with Crippen LogP contribution in [0.15, 0.2) is 123 Å². The molecular weight excluding hydrogens is 709 g/mol. The normalized spacial score (nSPS) is 15.7. The van der Waals surface area contributed by atoms with Crippen molar-refractivity contribution in [1.29, 1.82) is 0 Å². The highest BCUT2D eigenvalue weighted by atomic mass is 32.3. The Morgan fingerprint density at radius 3 is 1.46 bits per heavy atom. The molecule has 52 heavy (non-hydrogen) atoms. The highest BCUT2D eigenvalue weighted by molar-refractivity contribution is 8.03. The fourth-order valence-corrected chi connectivity index (χ4v) is 7.65. The van der Waals surface area contributed by atoms with Crippen molar-refractivity contribution >= 4 is 31.8 Å². The van der Waals surface area contributed by atoms with Gasteiger partial charge in [-0.3, -0.25) is 0 Å². The lowest BCUT2D eigenvalue weighted by atomic mass is 10.1. The molecule has 0 saturated heterocycles. The van der Waals surface area contributed by atoms with Crippen LogP contribution in [-0.4, -0.2) is 56.9 Å². The molecule has 4 aromatic rings. The van der Waals surface area contributed by atoms with Gasteiger partial charge in [0.1, 0.15) is 19.0 Å². The van der Waals surface area contributed by atoms with Crippen molar-refractivity contribution in [2.24, 2.45) is 9.98 Å². The van der Waals surface area contributed by atoms with Crippen molar-refractivity contribution in [2.45, 2.75) is 82.7 Å². The number of ether oxygens (including phenoxy) is 2. The molecule has 0 aromatic heterocycles. The molecule has 2 aliphatic heterocycles. The molecule has 0 atom stereocenters. The molecule has 280 valence electrons. The summed E-state index contributed by atoms with van der Waals surface area (Å²) in [4.78, 5) is 8.02. The van der Waals surface area contributed by atoms with Crippen LogP contribution in [0.25, 0.3) is 0 Å². The van der Waals surface area contributed by atoms with Crippen LogP contribution >= 0.6 is 0 Å². The predicted molar refractivity (Wildman–Crippen MR) is 202 cm³/mol. The zero-order valence-electron chi connectivity index (χ0n) is 29.5. The standard InChI is InChI=1S/C13H16FNO.C13H17NO.C12H10FNO4S2.CH4/c1-4-9-5-6-10(11(14)7-9)12-15-13(2,3)8-16-12;1-4-10-5-7-11(8-6-10)12-14-13(2,3)9-15-12;13-14(19(15,16)11-7-3-1-4-8-11)20(17,18)12-9-5-2-6-10-12;/h5-7H,4,8H2,1-3H3;5-8H,4,9H2,1-3H3;1-10H;1H4. The summed E-state index contributed by atoms with van der Waals surface area (Å²) >= 11 is 0. The van der Waals surface area contributed by atoms with Gasteiger partial charge in [0.2, 0.25) is 11.8 Å². The fraction of sp³-hybridized carbons (Fsp3) is 0.333. The fourth-order valence-electron chi connectivity index (χ4n) is 4.77. The van der Waals surface area contributed by atoms with E-state index in [1.807, 2.05) is 26.8 Å². The van der Waals surface area contributed by atoms with E-state index in [1.54, 1.807) is 12.1 Å². The lowest BCUT2D eigenvalue weighted by Crippen LogP contribution is -2.29. The van der Waals surface area contributed by atoms with E-state index in [0.717, 1.165) is 54.1 Å². The first-order valence-corrected chi connectivity index (χ1v) is 19.3. The maximum absolute atomic E-state index is 14.0. The summed E-state index contributed by atoms with van der Waals surface area (Å²) in [6.45, 7) is 13.5. The number of aryl methyl sites for hydroxylation is 2. The predicted octanol–water partition coefficient (Wildman–Crippen LogP) is 8.33. The van der Waals surface area contributed by atoms with Gasteiger partial charge in [-0.25, -0.2) is 31.2 Å². The first kappa shape index (κ1) is 42.0. The van der Waals surface area contributed by atoms with Gasteiger partial charge >= 0.3 is 0 Å². The number of hydrogen-bond donors (Lipinski definition) is 0. The topological polar surface area (TPSA) is 115 Å². The van der Waals surface area contributed by atoms with Gasteiger partial charge in [0.05, 0.1) is 30.4 Å². The number of halogens is 2. The lowest BCUT2D eigenvalue weighted by Gasteiger charge is -2.12. The van der Waals surface area contributed by atoms with E-state index in [0.29, 0.717) is 24.7 Å². The van der Waals surface area contributed by atoms with Crippen molar-refractivity contribution < 1.29 is 35.2 Å². The zero-order chi connectivity index (χ0) is 37.5. The van der Waals surface area contributed by atoms with Crippen molar-refractivity contribution in [3.8, 4) is 0 Å². The monoisotopic (exact) mass is 755 g/mol. The molecule has 6 rings (SSSR count). The molecule has 9 nitrogen and oxygen atoms in total. The average molecular weight is 756 g/mol. The second-order valence-electron chi connectivity index (χ2n) is 13.0. The Labute approximate surface area is 307 Å². The first-order chi connectivity index (χ1) is 24.0. The van der Waals surface area contributed by atoms with E-state index in [2.05, 4.69) is 55.0 Å². The van der Waals surface area contributed by atoms with Crippen LogP contribution in [0.1, 0.15) is 71.2 Å². The van der Waals surface area contributed by atoms with Gasteiger partial charge in [0.25, 0.3) is 20.0 Å². The van der Waals surface area contributed by atoms with Crippen molar-refractivity contribution in [3.63, 3.8) is 0 Å². The molecule has 0 amide bonds. The maximum atomic E-state index is 14.0. The Hall–Kier alpha value is -4.46. The van der Waals surface area contributed by atoms with E-state index in [9.17, 15) is 25.7 Å². The van der Waals surface area contributed by atoms with Crippen LogP contribution < -0.4 is 0 Å². The van der Waals surface area contributed by atoms with E-state index in [1.165, 1.54) is 42.0 Å². The second-order valence-corrected chi connectivity index (χ2v) is 16.8. The van der Waals surface area contributed by atoms with Crippen molar-refractivity contribution in [3.05, 3.63) is 131 Å². The van der Waals surface area contributed by atoms with Crippen LogP contribution in [0.4, 0.5) is 8.87 Å². The van der Waals surface area contributed by atoms with Gasteiger partial charge in [-0.2, -0.15) is 0 Å². The maximum Gasteiger partial charge on any atom is 0.283 e. The molecule has 4 aromatic carbocycles. The summed E-state index contributed by atoms with van der Waals surface area (Å²) in [5.74, 6) is 0.948. The molecule has 0 fully saturated rings. The molecule has 0 spiro atoms. The summed E-state index contributed by atoms with van der Waals surface area (Å²) < 4.78 is 85.4. The SMILES string of the molecule is C.CCc1ccc(C2=NC(C)(C)CO2)c(F)c1.CCc1ccc(C2=NC(C)(C)CO2)cc1.O=S(=O)(c1ccccc1)N(F)S(=O)(=O)c1ccccc1. The number of aliphatic imine (C=N–C) groups is 2. The number of sulfonamides is 2. The van der Waals surface area contributed by atoms with Gasteiger partial charge in [-0.05, 0) is 100 Å². The van der Waals surface area contributed by atoms with Crippen LogP contribution in [0, 0.1) is 5.82 Å². The largest absolute Gasteiger partial charge is 0.475 e. The van der Waals surface area contributed by atoms with E-state index in [4.69, 9.17) is 9.47 Å². The Morgan fingerprint density at radius 1 is 0.654 bits per heavy atom. The van der Waals surface area contributed by atoms with Gasteiger partial charge in [-0.1, -0.05) is 75.9 Å². The molecule has 13 heteroatoms. The number of hydrogen-bond acceptors (Lipinski definition) is 8. The third-order valence-corrected chi connectivity index (χ3v) is 11.3. The van der Waals surface area contributed by atoms with E-state index in [-0.39, 0.29) is 24.3 Å². The Morgan fingerprint density at radius 2 is 1.08 bits per heavy atom. The molecule has 0 radical (unpaired) electrons. The molecule has 0 unspecified atom stereocenters.